The zero-order valence-corrected chi connectivity index (χ0v) is 46.6. The summed E-state index contributed by atoms with van der Waals surface area (Å²) < 4.78 is 110. The molecule has 440 valence electrons. The summed E-state index contributed by atoms with van der Waals surface area (Å²) >= 11 is 0. The zero-order valence-electron chi connectivity index (χ0n) is 46.6. The van der Waals surface area contributed by atoms with E-state index >= 15 is 0 Å². The van der Waals surface area contributed by atoms with Crippen molar-refractivity contribution in [3.63, 3.8) is 0 Å². The molecule has 17 heterocycles. The maximum absolute atomic E-state index is 14.5. The van der Waals surface area contributed by atoms with Crippen LogP contribution in [0.25, 0.3) is 0 Å². The summed E-state index contributed by atoms with van der Waals surface area (Å²) in [4.78, 5) is 14.5. The van der Waals surface area contributed by atoms with Gasteiger partial charge in [-0.05, 0) is 74.2 Å². The van der Waals surface area contributed by atoms with Gasteiger partial charge in [0.1, 0.15) is 42.7 Å². The molecule has 2 N–H and O–H groups in total. The van der Waals surface area contributed by atoms with Gasteiger partial charge >= 0.3 is 5.97 Å². The quantitative estimate of drug-likeness (QED) is 0.266. The SMILES string of the molecule is C=C1C2C[C@@H]3O[C@H]4C[C@H]5O[C@@]6(CC7OC8(CCC7O6)C[C@H](C)C6OC7CC(C(O)CO)OC7CC6O8)C[C@H]5O[C@H]4CC3OC(=O)CC3CCC4OC5C6O[C@@H]7C[C@](CCC8CC(C)(C)C(CCC(C[C@H]1C)O2)O8)(OC6[C@H]4O3)OC57. The van der Waals surface area contributed by atoms with Crippen molar-refractivity contribution >= 4 is 5.97 Å². The molecule has 0 radical (unpaired) electrons. The van der Waals surface area contributed by atoms with E-state index in [0.29, 0.717) is 77.0 Å². The summed E-state index contributed by atoms with van der Waals surface area (Å²) in [6.45, 7) is 13.4. The second-order valence-corrected chi connectivity index (χ2v) is 28.4. The monoisotopic (exact) mass is 1110 g/mol. The van der Waals surface area contributed by atoms with E-state index in [1.165, 1.54) is 0 Å². The predicted molar refractivity (Wildman–Crippen MR) is 272 cm³/mol. The van der Waals surface area contributed by atoms with Crippen LogP contribution in [0.1, 0.15) is 156 Å². The smallest absolute Gasteiger partial charge is 0.308 e. The maximum atomic E-state index is 14.5. The maximum Gasteiger partial charge on any atom is 0.308 e. The Morgan fingerprint density at radius 2 is 1.15 bits per heavy atom. The minimum absolute atomic E-state index is 0.00173. The molecule has 17 aliphatic rings. The van der Waals surface area contributed by atoms with Crippen LogP contribution in [0.15, 0.2) is 12.2 Å². The zero-order chi connectivity index (χ0) is 53.5. The average molecular weight is 1110 g/mol. The number of hydrogen-bond acceptors (Lipinski definition) is 19. The molecule has 0 amide bonds. The molecule has 79 heavy (non-hydrogen) atoms. The van der Waals surface area contributed by atoms with Crippen molar-refractivity contribution in [2.45, 2.75) is 332 Å². The molecule has 3 spiro atoms. The predicted octanol–water partition coefficient (Wildman–Crippen LogP) is 5.31. The molecule has 17 saturated heterocycles. The molecule has 0 aliphatic carbocycles. The third-order valence-corrected chi connectivity index (χ3v) is 22.5. The second kappa shape index (κ2) is 19.5. The average Bonchev–Trinajstić information content (AvgIpc) is 3.43. The van der Waals surface area contributed by atoms with E-state index in [1.54, 1.807) is 0 Å². The second-order valence-electron chi connectivity index (χ2n) is 28.4. The number of carbonyl (C=O) groups excluding carboxylic acids is 1. The number of esters is 1. The molecular formula is C60H86O19. The van der Waals surface area contributed by atoms with E-state index in [1.807, 2.05) is 0 Å². The Kier molecular flexibility index (Phi) is 13.1. The number of aliphatic hydroxyl groups excluding tert-OH is 2. The summed E-state index contributed by atoms with van der Waals surface area (Å²) in [5.41, 5.74) is 1.05. The van der Waals surface area contributed by atoms with E-state index in [2.05, 4.69) is 34.3 Å². The number of carbonyl (C=O) groups is 1. The summed E-state index contributed by atoms with van der Waals surface area (Å²) in [6, 6.07) is 0. The number of fused-ring (bicyclic) bond motifs is 11. The van der Waals surface area contributed by atoms with E-state index in [-0.39, 0.29) is 164 Å². The van der Waals surface area contributed by atoms with Crippen molar-refractivity contribution in [3.8, 4) is 0 Å². The van der Waals surface area contributed by atoms with Gasteiger partial charge in [-0.15, -0.1) is 0 Å². The highest BCUT2D eigenvalue weighted by atomic mass is 16.8. The van der Waals surface area contributed by atoms with Crippen LogP contribution < -0.4 is 0 Å². The Morgan fingerprint density at radius 3 is 2.03 bits per heavy atom. The molecule has 19 heteroatoms. The van der Waals surface area contributed by atoms with Gasteiger partial charge in [0, 0.05) is 70.6 Å². The van der Waals surface area contributed by atoms with Gasteiger partial charge in [-0.25, -0.2) is 0 Å². The van der Waals surface area contributed by atoms with Crippen LogP contribution in [0.5, 0.6) is 0 Å². The van der Waals surface area contributed by atoms with Gasteiger partial charge in [-0.2, -0.15) is 0 Å². The number of rotatable bonds is 2. The topological polar surface area (TPSA) is 205 Å². The fourth-order valence-corrected chi connectivity index (χ4v) is 18.6. The molecule has 17 rings (SSSR count). The molecule has 0 saturated carbocycles. The fraction of sp³-hybridized carbons (Fsp3) is 0.950. The highest BCUT2D eigenvalue weighted by Gasteiger charge is 2.70. The molecule has 0 aromatic rings. The highest BCUT2D eigenvalue weighted by Crippen LogP contribution is 2.57. The van der Waals surface area contributed by atoms with Gasteiger partial charge in [0.25, 0.3) is 0 Å². The fourth-order valence-electron chi connectivity index (χ4n) is 18.6. The Labute approximate surface area is 463 Å². The first-order valence-electron chi connectivity index (χ1n) is 31.2. The minimum atomic E-state index is -0.935. The largest absolute Gasteiger partial charge is 0.459 e. The van der Waals surface area contributed by atoms with Crippen LogP contribution in [0, 0.1) is 17.3 Å². The molecule has 31 atom stereocenters. The van der Waals surface area contributed by atoms with Crippen LogP contribution in [0.4, 0.5) is 0 Å². The number of aliphatic hydroxyl groups is 2. The molecule has 0 aromatic heterocycles. The van der Waals surface area contributed by atoms with Crippen LogP contribution >= 0.6 is 0 Å². The first-order chi connectivity index (χ1) is 38.0. The Hall–Kier alpha value is -1.47. The van der Waals surface area contributed by atoms with Gasteiger partial charge in [0.05, 0.1) is 129 Å². The van der Waals surface area contributed by atoms with Gasteiger partial charge in [-0.1, -0.05) is 34.3 Å². The number of hydrogen-bond donors (Lipinski definition) is 2. The normalized spacial score (nSPS) is 58.3. The van der Waals surface area contributed by atoms with Crippen molar-refractivity contribution in [2.75, 3.05) is 6.61 Å². The van der Waals surface area contributed by atoms with E-state index < -0.39 is 47.9 Å². The summed E-state index contributed by atoms with van der Waals surface area (Å²) in [5, 5.41) is 20.0. The molecule has 0 aromatic carbocycles. The van der Waals surface area contributed by atoms with Gasteiger partial charge in [0.2, 0.25) is 0 Å². The Bertz CT molecular complexity index is 2340. The lowest BCUT2D eigenvalue weighted by Gasteiger charge is -2.53. The molecule has 17 fully saturated rings. The van der Waals surface area contributed by atoms with Crippen LogP contribution in [-0.4, -0.2) is 199 Å². The Balaban J connectivity index is 0.617. The van der Waals surface area contributed by atoms with Crippen LogP contribution in [0.2, 0.25) is 0 Å². The highest BCUT2D eigenvalue weighted by molar-refractivity contribution is 5.70. The van der Waals surface area contributed by atoms with Crippen molar-refractivity contribution in [1.29, 1.82) is 0 Å². The summed E-state index contributed by atoms with van der Waals surface area (Å²) in [6.07, 6.45) is 6.61. The van der Waals surface area contributed by atoms with Gasteiger partial charge in [0.15, 0.2) is 17.4 Å². The lowest BCUT2D eigenvalue weighted by Crippen LogP contribution is -2.61. The summed E-state index contributed by atoms with van der Waals surface area (Å²) in [5.74, 6) is -2.36. The van der Waals surface area contributed by atoms with Crippen molar-refractivity contribution < 1.29 is 90.8 Å². The van der Waals surface area contributed by atoms with Crippen LogP contribution in [0.3, 0.4) is 0 Å². The number of ether oxygens (including phenoxy) is 16. The van der Waals surface area contributed by atoms with E-state index in [0.717, 1.165) is 50.5 Å². The van der Waals surface area contributed by atoms with E-state index in [9.17, 15) is 15.0 Å². The van der Waals surface area contributed by atoms with Crippen molar-refractivity contribution in [1.82, 2.24) is 0 Å². The first kappa shape index (κ1) is 53.0. The molecule has 20 unspecified atom stereocenters. The molecule has 17 aliphatic heterocycles. The van der Waals surface area contributed by atoms with Crippen LogP contribution in [-0.2, 0) is 80.6 Å². The third kappa shape index (κ3) is 9.15. The first-order valence-corrected chi connectivity index (χ1v) is 31.2. The molecule has 12 bridgehead atoms. The summed E-state index contributed by atoms with van der Waals surface area (Å²) in [7, 11) is 0. The van der Waals surface area contributed by atoms with E-state index in [4.69, 9.17) is 75.8 Å². The molecular weight excluding hydrogens is 1020 g/mol. The van der Waals surface area contributed by atoms with Gasteiger partial charge < -0.3 is 86.0 Å². The van der Waals surface area contributed by atoms with Gasteiger partial charge in [-0.3, -0.25) is 4.79 Å². The van der Waals surface area contributed by atoms with Crippen molar-refractivity contribution in [3.05, 3.63) is 12.2 Å². The third-order valence-electron chi connectivity index (χ3n) is 22.5. The lowest BCUT2D eigenvalue weighted by atomic mass is 9.79. The van der Waals surface area contributed by atoms with Crippen molar-refractivity contribution in [2.24, 2.45) is 17.3 Å². The lowest BCUT2D eigenvalue weighted by molar-refractivity contribution is -0.362. The Morgan fingerprint density at radius 1 is 0.494 bits per heavy atom. The molecule has 19 nitrogen and oxygen atoms in total. The minimum Gasteiger partial charge on any atom is -0.459 e. The standard InChI is InChI=1S/C60H86O19/c1-27-14-30-7-9-49-57(4,5)22-32(65-49)10-12-59-25-48-53(78-59)54-55(73-48)56(79-59)52-35(71-54)8-6-31(66-52)15-50(63)70-42-18-39-40(68-38(42)16-36(64-30)29(27)3)19-44-46(69-39)23-60(75-44)24-47-34(74-60)11-13-58(77-47)21-28(2)51-45(76-58)20-41-43(72-51)17-37(67-41)33(62)26-61/h27-28,30-49,51-56,61-62H,3,6-26H2,1-2,4-5H3/t27-,28+,30?,31?,32?,33?,34?,35?,36?,37?,38+,39+,40+,41?,42?,43?,44-,45?,46-,47?,48-,49?,51?,52+,53?,54?,55?,56?,58?,59+,60-/m1/s1.